The van der Waals surface area contributed by atoms with Gasteiger partial charge in [-0.3, -0.25) is 4.79 Å². The molecular formula is C14H20FNO3. The number of hydrogen-bond donors (Lipinski definition) is 2. The van der Waals surface area contributed by atoms with Crippen LogP contribution < -0.4 is 10.1 Å². The van der Waals surface area contributed by atoms with Crippen LogP contribution in [0, 0.1) is 5.82 Å². The molecule has 5 heteroatoms. The van der Waals surface area contributed by atoms with E-state index in [0.717, 1.165) is 6.42 Å². The number of rotatable bonds is 6. The van der Waals surface area contributed by atoms with E-state index in [1.54, 1.807) is 6.92 Å². The maximum absolute atomic E-state index is 13.6. The number of halogens is 1. The summed E-state index contributed by atoms with van der Waals surface area (Å²) in [6.07, 6.45) is -0.724. The standard InChI is InChI=1S/C14H20FNO3/c1-4-7-16-14(18)10(3)19-11-5-6-12(9(2)17)13(15)8-11/h5-6,8-10,17H,4,7H2,1-3H3,(H,16,18)/t9-,10?/m0/s1. The van der Waals surface area contributed by atoms with E-state index in [1.165, 1.54) is 25.1 Å². The quantitative estimate of drug-likeness (QED) is 0.832. The second kappa shape index (κ2) is 7.09. The van der Waals surface area contributed by atoms with E-state index in [-0.39, 0.29) is 17.2 Å². The fourth-order valence-corrected chi connectivity index (χ4v) is 1.57. The van der Waals surface area contributed by atoms with Gasteiger partial charge in [0, 0.05) is 18.2 Å². The number of benzene rings is 1. The van der Waals surface area contributed by atoms with Crippen molar-refractivity contribution in [2.45, 2.75) is 39.4 Å². The summed E-state index contributed by atoms with van der Waals surface area (Å²) < 4.78 is 19.0. The monoisotopic (exact) mass is 269 g/mol. The SMILES string of the molecule is CCCNC(=O)C(C)Oc1ccc([C@H](C)O)c(F)c1. The van der Waals surface area contributed by atoms with Crippen molar-refractivity contribution in [1.82, 2.24) is 5.32 Å². The zero-order valence-corrected chi connectivity index (χ0v) is 11.4. The Kier molecular flexibility index (Phi) is 5.76. The first-order valence-electron chi connectivity index (χ1n) is 6.37. The highest BCUT2D eigenvalue weighted by molar-refractivity contribution is 5.80. The van der Waals surface area contributed by atoms with E-state index in [1.807, 2.05) is 6.92 Å². The Morgan fingerprint density at radius 1 is 1.47 bits per heavy atom. The smallest absolute Gasteiger partial charge is 0.260 e. The van der Waals surface area contributed by atoms with Gasteiger partial charge >= 0.3 is 0 Å². The van der Waals surface area contributed by atoms with Crippen LogP contribution in [-0.4, -0.2) is 23.7 Å². The Balaban J connectivity index is 2.67. The molecule has 0 aliphatic heterocycles. The van der Waals surface area contributed by atoms with E-state index in [4.69, 9.17) is 4.74 Å². The topological polar surface area (TPSA) is 58.6 Å². The largest absolute Gasteiger partial charge is 0.481 e. The van der Waals surface area contributed by atoms with Gasteiger partial charge in [-0.15, -0.1) is 0 Å². The highest BCUT2D eigenvalue weighted by Gasteiger charge is 2.15. The van der Waals surface area contributed by atoms with Gasteiger partial charge in [-0.2, -0.15) is 0 Å². The average molecular weight is 269 g/mol. The van der Waals surface area contributed by atoms with Gasteiger partial charge in [0.1, 0.15) is 11.6 Å². The highest BCUT2D eigenvalue weighted by atomic mass is 19.1. The summed E-state index contributed by atoms with van der Waals surface area (Å²) >= 11 is 0. The maximum Gasteiger partial charge on any atom is 0.260 e. The third-order valence-corrected chi connectivity index (χ3v) is 2.65. The molecule has 0 aliphatic carbocycles. The zero-order valence-electron chi connectivity index (χ0n) is 11.4. The molecule has 0 saturated carbocycles. The van der Waals surface area contributed by atoms with Crippen molar-refractivity contribution in [1.29, 1.82) is 0 Å². The molecule has 0 fully saturated rings. The molecule has 0 aliphatic rings. The minimum atomic E-state index is -0.876. The van der Waals surface area contributed by atoms with E-state index in [2.05, 4.69) is 5.32 Å². The molecule has 2 atom stereocenters. The number of aliphatic hydroxyl groups is 1. The molecule has 0 aromatic heterocycles. The molecule has 1 aromatic carbocycles. The van der Waals surface area contributed by atoms with E-state index in [9.17, 15) is 14.3 Å². The third kappa shape index (κ3) is 4.52. The molecule has 0 heterocycles. The molecule has 2 N–H and O–H groups in total. The number of nitrogens with one attached hydrogen (secondary N) is 1. The van der Waals surface area contributed by atoms with Gasteiger partial charge in [-0.25, -0.2) is 4.39 Å². The number of amides is 1. The van der Waals surface area contributed by atoms with E-state index in [0.29, 0.717) is 6.54 Å². The summed E-state index contributed by atoms with van der Waals surface area (Å²) in [5.74, 6) is -0.517. The third-order valence-electron chi connectivity index (χ3n) is 2.65. The molecule has 1 rings (SSSR count). The molecule has 19 heavy (non-hydrogen) atoms. The van der Waals surface area contributed by atoms with Crippen LogP contribution in [0.5, 0.6) is 5.75 Å². The van der Waals surface area contributed by atoms with Crippen LogP contribution in [0.25, 0.3) is 0 Å². The first kappa shape index (κ1) is 15.4. The van der Waals surface area contributed by atoms with Crippen molar-refractivity contribution in [2.24, 2.45) is 0 Å². The lowest BCUT2D eigenvalue weighted by Gasteiger charge is -2.15. The van der Waals surface area contributed by atoms with Crippen molar-refractivity contribution < 1.29 is 19.0 Å². The first-order valence-corrected chi connectivity index (χ1v) is 6.37. The van der Waals surface area contributed by atoms with Crippen LogP contribution in [0.2, 0.25) is 0 Å². The molecule has 1 amide bonds. The summed E-state index contributed by atoms with van der Waals surface area (Å²) in [5, 5.41) is 12.0. The molecule has 0 saturated heterocycles. The lowest BCUT2D eigenvalue weighted by atomic mass is 10.1. The van der Waals surface area contributed by atoms with Crippen LogP contribution in [0.4, 0.5) is 4.39 Å². The van der Waals surface area contributed by atoms with Crippen LogP contribution in [-0.2, 0) is 4.79 Å². The number of aliphatic hydroxyl groups excluding tert-OH is 1. The molecule has 0 radical (unpaired) electrons. The molecule has 1 aromatic rings. The predicted molar refractivity (Wildman–Crippen MR) is 70.4 cm³/mol. The molecule has 4 nitrogen and oxygen atoms in total. The second-order valence-electron chi connectivity index (χ2n) is 4.41. The van der Waals surface area contributed by atoms with E-state index < -0.39 is 18.0 Å². The molecule has 0 bridgehead atoms. The van der Waals surface area contributed by atoms with Gasteiger partial charge in [0.2, 0.25) is 0 Å². The van der Waals surface area contributed by atoms with E-state index >= 15 is 0 Å². The Hall–Kier alpha value is -1.62. The van der Waals surface area contributed by atoms with Crippen molar-refractivity contribution in [3.8, 4) is 5.75 Å². The molecular weight excluding hydrogens is 249 g/mol. The van der Waals surface area contributed by atoms with Gasteiger partial charge in [0.25, 0.3) is 5.91 Å². The summed E-state index contributed by atoms with van der Waals surface area (Å²) in [6.45, 7) is 5.63. The number of carbonyl (C=O) groups excluding carboxylic acids is 1. The normalized spacial score (nSPS) is 13.7. The van der Waals surface area contributed by atoms with Crippen LogP contribution >= 0.6 is 0 Å². The van der Waals surface area contributed by atoms with Gasteiger partial charge in [-0.1, -0.05) is 6.92 Å². The van der Waals surface area contributed by atoms with Gasteiger partial charge in [-0.05, 0) is 32.4 Å². The second-order valence-corrected chi connectivity index (χ2v) is 4.41. The fraction of sp³-hybridized carbons (Fsp3) is 0.500. The van der Waals surface area contributed by atoms with Gasteiger partial charge in [0.05, 0.1) is 6.10 Å². The summed E-state index contributed by atoms with van der Waals surface area (Å²) in [5.41, 5.74) is 0.204. The number of ether oxygens (including phenoxy) is 1. The number of hydrogen-bond acceptors (Lipinski definition) is 3. The lowest BCUT2D eigenvalue weighted by Crippen LogP contribution is -2.36. The Bertz CT molecular complexity index is 435. The maximum atomic E-state index is 13.6. The first-order chi connectivity index (χ1) is 8.95. The van der Waals surface area contributed by atoms with Crippen molar-refractivity contribution >= 4 is 5.91 Å². The fourth-order valence-electron chi connectivity index (χ4n) is 1.57. The summed E-state index contributed by atoms with van der Waals surface area (Å²) in [7, 11) is 0. The molecule has 0 spiro atoms. The van der Waals surface area contributed by atoms with Crippen LogP contribution in [0.15, 0.2) is 18.2 Å². The summed E-state index contributed by atoms with van der Waals surface area (Å²) in [6, 6.07) is 4.16. The average Bonchev–Trinajstić information content (AvgIpc) is 2.35. The molecule has 1 unspecified atom stereocenters. The highest BCUT2D eigenvalue weighted by Crippen LogP contribution is 2.22. The Labute approximate surface area is 112 Å². The lowest BCUT2D eigenvalue weighted by molar-refractivity contribution is -0.127. The minimum Gasteiger partial charge on any atom is -0.481 e. The molecule has 106 valence electrons. The Morgan fingerprint density at radius 3 is 2.68 bits per heavy atom. The van der Waals surface area contributed by atoms with Crippen molar-refractivity contribution in [3.63, 3.8) is 0 Å². The van der Waals surface area contributed by atoms with Crippen LogP contribution in [0.3, 0.4) is 0 Å². The summed E-state index contributed by atoms with van der Waals surface area (Å²) in [4.78, 5) is 11.6. The minimum absolute atomic E-state index is 0.204. The van der Waals surface area contributed by atoms with Crippen LogP contribution in [0.1, 0.15) is 38.9 Å². The van der Waals surface area contributed by atoms with Crippen molar-refractivity contribution in [3.05, 3.63) is 29.6 Å². The van der Waals surface area contributed by atoms with Crippen molar-refractivity contribution in [2.75, 3.05) is 6.54 Å². The van der Waals surface area contributed by atoms with Gasteiger partial charge < -0.3 is 15.2 Å². The zero-order chi connectivity index (χ0) is 14.4. The van der Waals surface area contributed by atoms with Gasteiger partial charge in [0.15, 0.2) is 6.10 Å². The predicted octanol–water partition coefficient (Wildman–Crippen LogP) is 2.17. The number of carbonyl (C=O) groups is 1. The Morgan fingerprint density at radius 2 is 2.16 bits per heavy atom.